The first-order chi connectivity index (χ1) is 10.3. The standard InChI is InChI=1S/C15H21N5S/c1-3-16-15(20-11-14-10-19-12(2)21-14)18-9-7-13-6-4-5-8-17-13/h4-6,8,10H,3,7,9,11H2,1-2H3,(H2,16,18,20). The number of nitrogens with zero attached hydrogens (tertiary/aromatic N) is 3. The molecule has 21 heavy (non-hydrogen) atoms. The second-order valence-corrected chi connectivity index (χ2v) is 5.86. The van der Waals surface area contributed by atoms with Crippen molar-refractivity contribution >= 4 is 17.3 Å². The largest absolute Gasteiger partial charge is 0.357 e. The molecular formula is C15H21N5S. The highest BCUT2D eigenvalue weighted by atomic mass is 32.1. The lowest BCUT2D eigenvalue weighted by Gasteiger charge is -2.10. The van der Waals surface area contributed by atoms with E-state index in [1.165, 1.54) is 4.88 Å². The summed E-state index contributed by atoms with van der Waals surface area (Å²) in [6.07, 6.45) is 4.59. The molecule has 0 spiro atoms. The van der Waals surface area contributed by atoms with Gasteiger partial charge < -0.3 is 10.6 Å². The highest BCUT2D eigenvalue weighted by molar-refractivity contribution is 7.11. The third-order valence-electron chi connectivity index (χ3n) is 2.81. The van der Waals surface area contributed by atoms with Gasteiger partial charge in [-0.3, -0.25) is 4.98 Å². The molecular weight excluding hydrogens is 282 g/mol. The number of aliphatic imine (C=N–C) groups is 1. The third-order valence-corrected chi connectivity index (χ3v) is 3.70. The zero-order valence-electron chi connectivity index (χ0n) is 12.5. The molecule has 2 aromatic rings. The molecule has 0 aliphatic carbocycles. The molecule has 0 saturated heterocycles. The van der Waals surface area contributed by atoms with E-state index < -0.39 is 0 Å². The van der Waals surface area contributed by atoms with Crippen LogP contribution < -0.4 is 10.6 Å². The smallest absolute Gasteiger partial charge is 0.191 e. The molecule has 0 bridgehead atoms. The quantitative estimate of drug-likeness (QED) is 0.634. The molecule has 112 valence electrons. The fraction of sp³-hybridized carbons (Fsp3) is 0.400. The van der Waals surface area contributed by atoms with Crippen LogP contribution in [0.5, 0.6) is 0 Å². The van der Waals surface area contributed by atoms with Crippen LogP contribution in [0.4, 0.5) is 0 Å². The Morgan fingerprint density at radius 2 is 2.19 bits per heavy atom. The van der Waals surface area contributed by atoms with Gasteiger partial charge in [0, 0.05) is 42.5 Å². The minimum absolute atomic E-state index is 0.657. The van der Waals surface area contributed by atoms with E-state index in [9.17, 15) is 0 Å². The second kappa shape index (κ2) is 8.36. The summed E-state index contributed by atoms with van der Waals surface area (Å²) in [6.45, 7) is 6.38. The number of pyridine rings is 1. The van der Waals surface area contributed by atoms with E-state index in [-0.39, 0.29) is 0 Å². The predicted octanol–water partition coefficient (Wildman–Crippen LogP) is 2.14. The van der Waals surface area contributed by atoms with Crippen molar-refractivity contribution in [3.05, 3.63) is 46.2 Å². The molecule has 0 atom stereocenters. The Kier molecular flexibility index (Phi) is 6.15. The number of aromatic nitrogens is 2. The van der Waals surface area contributed by atoms with E-state index in [1.54, 1.807) is 11.3 Å². The van der Waals surface area contributed by atoms with Gasteiger partial charge in [-0.2, -0.15) is 0 Å². The molecule has 0 aliphatic rings. The SMILES string of the molecule is CCNC(=NCc1cnc(C)s1)NCCc1ccccn1. The number of nitrogens with one attached hydrogen (secondary N) is 2. The average molecular weight is 303 g/mol. The normalized spacial score (nSPS) is 11.4. The summed E-state index contributed by atoms with van der Waals surface area (Å²) in [5.41, 5.74) is 1.08. The van der Waals surface area contributed by atoms with Crippen molar-refractivity contribution in [2.45, 2.75) is 26.8 Å². The average Bonchev–Trinajstić information content (AvgIpc) is 2.91. The van der Waals surface area contributed by atoms with Gasteiger partial charge in [0.05, 0.1) is 11.6 Å². The summed E-state index contributed by atoms with van der Waals surface area (Å²) in [5, 5.41) is 7.66. The van der Waals surface area contributed by atoms with E-state index in [4.69, 9.17) is 0 Å². The topological polar surface area (TPSA) is 62.2 Å². The maximum atomic E-state index is 4.57. The van der Waals surface area contributed by atoms with Gasteiger partial charge in [0.15, 0.2) is 5.96 Å². The highest BCUT2D eigenvalue weighted by Gasteiger charge is 2.00. The van der Waals surface area contributed by atoms with E-state index in [0.717, 1.165) is 36.2 Å². The van der Waals surface area contributed by atoms with Gasteiger partial charge in [-0.05, 0) is 26.0 Å². The molecule has 0 radical (unpaired) electrons. The van der Waals surface area contributed by atoms with Crippen molar-refractivity contribution in [1.82, 2.24) is 20.6 Å². The number of aryl methyl sites for hydroxylation is 1. The van der Waals surface area contributed by atoms with Crippen LogP contribution in [-0.4, -0.2) is 29.0 Å². The first kappa shape index (κ1) is 15.4. The van der Waals surface area contributed by atoms with Gasteiger partial charge in [0.1, 0.15) is 0 Å². The molecule has 0 aromatic carbocycles. The molecule has 0 unspecified atom stereocenters. The minimum Gasteiger partial charge on any atom is -0.357 e. The van der Waals surface area contributed by atoms with E-state index in [1.807, 2.05) is 37.5 Å². The van der Waals surface area contributed by atoms with Crippen LogP contribution in [0.15, 0.2) is 35.6 Å². The molecule has 5 nitrogen and oxygen atoms in total. The van der Waals surface area contributed by atoms with Crippen molar-refractivity contribution in [2.75, 3.05) is 13.1 Å². The van der Waals surface area contributed by atoms with Crippen LogP contribution in [0, 0.1) is 6.92 Å². The number of hydrogen-bond donors (Lipinski definition) is 2. The van der Waals surface area contributed by atoms with Gasteiger partial charge >= 0.3 is 0 Å². The van der Waals surface area contributed by atoms with Crippen molar-refractivity contribution in [3.63, 3.8) is 0 Å². The monoisotopic (exact) mass is 303 g/mol. The first-order valence-corrected chi connectivity index (χ1v) is 7.93. The van der Waals surface area contributed by atoms with Crippen LogP contribution >= 0.6 is 11.3 Å². The Hall–Kier alpha value is -1.95. The Morgan fingerprint density at radius 1 is 1.29 bits per heavy atom. The molecule has 2 heterocycles. The van der Waals surface area contributed by atoms with E-state index in [2.05, 4.69) is 32.5 Å². The van der Waals surface area contributed by atoms with Crippen molar-refractivity contribution in [3.8, 4) is 0 Å². The zero-order valence-corrected chi connectivity index (χ0v) is 13.3. The first-order valence-electron chi connectivity index (χ1n) is 7.11. The van der Waals surface area contributed by atoms with Crippen LogP contribution in [0.25, 0.3) is 0 Å². The van der Waals surface area contributed by atoms with Crippen molar-refractivity contribution in [1.29, 1.82) is 0 Å². The predicted molar refractivity (Wildman–Crippen MR) is 87.6 cm³/mol. The van der Waals surface area contributed by atoms with Gasteiger partial charge in [-0.15, -0.1) is 11.3 Å². The van der Waals surface area contributed by atoms with Crippen molar-refractivity contribution in [2.24, 2.45) is 4.99 Å². The Morgan fingerprint density at radius 3 is 2.86 bits per heavy atom. The molecule has 2 aromatic heterocycles. The lowest BCUT2D eigenvalue weighted by atomic mass is 10.3. The number of rotatable bonds is 6. The highest BCUT2D eigenvalue weighted by Crippen LogP contribution is 2.12. The van der Waals surface area contributed by atoms with Gasteiger partial charge in [0.25, 0.3) is 0 Å². The number of thiazole rings is 1. The summed E-state index contributed by atoms with van der Waals surface area (Å²) >= 11 is 1.68. The number of guanidine groups is 1. The summed E-state index contributed by atoms with van der Waals surface area (Å²) in [5.74, 6) is 0.833. The summed E-state index contributed by atoms with van der Waals surface area (Å²) in [7, 11) is 0. The van der Waals surface area contributed by atoms with E-state index in [0.29, 0.717) is 6.54 Å². The zero-order chi connectivity index (χ0) is 14.9. The fourth-order valence-electron chi connectivity index (χ4n) is 1.83. The van der Waals surface area contributed by atoms with Crippen molar-refractivity contribution < 1.29 is 0 Å². The van der Waals surface area contributed by atoms with Crippen LogP contribution in [0.1, 0.15) is 22.5 Å². The Bertz CT molecular complexity index is 564. The molecule has 0 amide bonds. The Balaban J connectivity index is 1.83. The molecule has 0 aliphatic heterocycles. The summed E-state index contributed by atoms with van der Waals surface area (Å²) < 4.78 is 0. The molecule has 2 N–H and O–H groups in total. The third kappa shape index (κ3) is 5.51. The fourth-order valence-corrected chi connectivity index (χ4v) is 2.55. The van der Waals surface area contributed by atoms with Crippen LogP contribution in [0.2, 0.25) is 0 Å². The minimum atomic E-state index is 0.657. The molecule has 0 fully saturated rings. The molecule has 0 saturated carbocycles. The second-order valence-electron chi connectivity index (χ2n) is 4.54. The Labute approximate surface area is 129 Å². The van der Waals surface area contributed by atoms with Gasteiger partial charge in [-0.25, -0.2) is 9.98 Å². The lowest BCUT2D eigenvalue weighted by Crippen LogP contribution is -2.38. The molecule has 6 heteroatoms. The lowest BCUT2D eigenvalue weighted by molar-refractivity contribution is 0.789. The molecule has 2 rings (SSSR count). The van der Waals surface area contributed by atoms with Gasteiger partial charge in [0.2, 0.25) is 0 Å². The summed E-state index contributed by atoms with van der Waals surface area (Å²) in [4.78, 5) is 14.3. The van der Waals surface area contributed by atoms with Gasteiger partial charge in [-0.1, -0.05) is 6.07 Å². The van der Waals surface area contributed by atoms with E-state index >= 15 is 0 Å². The van der Waals surface area contributed by atoms with Crippen LogP contribution in [-0.2, 0) is 13.0 Å². The maximum Gasteiger partial charge on any atom is 0.191 e. The van der Waals surface area contributed by atoms with Crippen LogP contribution in [0.3, 0.4) is 0 Å². The maximum absolute atomic E-state index is 4.57. The summed E-state index contributed by atoms with van der Waals surface area (Å²) in [6, 6.07) is 5.97. The number of hydrogen-bond acceptors (Lipinski definition) is 4.